The summed E-state index contributed by atoms with van der Waals surface area (Å²) in [6, 6.07) is 4.67. The van der Waals surface area contributed by atoms with Crippen LogP contribution in [-0.4, -0.2) is 55.0 Å². The molecule has 2 aromatic rings. The molecule has 1 N–H and O–H groups in total. The number of benzene rings is 1. The van der Waals surface area contributed by atoms with Gasteiger partial charge in [-0.1, -0.05) is 0 Å². The van der Waals surface area contributed by atoms with E-state index in [2.05, 4.69) is 22.0 Å². The molecule has 5 nitrogen and oxygen atoms in total. The zero-order chi connectivity index (χ0) is 19.5. The van der Waals surface area contributed by atoms with Crippen molar-refractivity contribution in [2.75, 3.05) is 39.3 Å². The van der Waals surface area contributed by atoms with Crippen LogP contribution in [0.15, 0.2) is 27.6 Å². The van der Waals surface area contributed by atoms with Crippen molar-refractivity contribution in [3.8, 4) is 0 Å². The van der Waals surface area contributed by atoms with Gasteiger partial charge in [0.2, 0.25) is 0 Å². The van der Waals surface area contributed by atoms with Crippen LogP contribution < -0.4 is 5.32 Å². The van der Waals surface area contributed by atoms with Gasteiger partial charge in [0, 0.05) is 37.1 Å². The summed E-state index contributed by atoms with van der Waals surface area (Å²) in [7, 11) is 0. The smallest absolute Gasteiger partial charge is 0.194 e. The summed E-state index contributed by atoms with van der Waals surface area (Å²) in [4.78, 5) is 9.82. The van der Waals surface area contributed by atoms with Crippen LogP contribution in [0.5, 0.6) is 0 Å². The second-order valence-electron chi connectivity index (χ2n) is 8.07. The van der Waals surface area contributed by atoms with Gasteiger partial charge in [0.1, 0.15) is 23.7 Å². The molecule has 0 bridgehead atoms. The van der Waals surface area contributed by atoms with E-state index in [4.69, 9.17) is 9.41 Å². The van der Waals surface area contributed by atoms with Crippen LogP contribution in [0.3, 0.4) is 0 Å². The molecule has 0 spiro atoms. The Labute approximate surface area is 189 Å². The van der Waals surface area contributed by atoms with E-state index in [1.807, 2.05) is 6.92 Å². The van der Waals surface area contributed by atoms with Crippen LogP contribution in [0.2, 0.25) is 0 Å². The normalized spacial score (nSPS) is 20.4. The lowest BCUT2D eigenvalue weighted by molar-refractivity contribution is 0.281. The molecule has 0 saturated carbocycles. The van der Waals surface area contributed by atoms with Gasteiger partial charge in [0.05, 0.1) is 0 Å². The van der Waals surface area contributed by atoms with E-state index in [1.54, 1.807) is 6.07 Å². The first kappa shape index (κ1) is 22.3. The van der Waals surface area contributed by atoms with Crippen molar-refractivity contribution >= 4 is 40.9 Å². The highest BCUT2D eigenvalue weighted by Crippen LogP contribution is 2.27. The number of hydrogen-bond donors (Lipinski definition) is 1. The Bertz CT molecular complexity index is 847. The van der Waals surface area contributed by atoms with Crippen molar-refractivity contribution in [3.05, 3.63) is 35.3 Å². The number of guanidine groups is 1. The molecule has 0 radical (unpaired) electrons. The Morgan fingerprint density at radius 2 is 2.07 bits per heavy atom. The number of nitrogens with one attached hydrogen (secondary N) is 1. The highest BCUT2D eigenvalue weighted by Gasteiger charge is 2.27. The molecule has 1 unspecified atom stereocenters. The zero-order valence-corrected chi connectivity index (χ0v) is 19.7. The number of likely N-dealkylation sites (tertiary alicyclic amines) is 2. The average molecular weight is 514 g/mol. The van der Waals surface area contributed by atoms with E-state index in [-0.39, 0.29) is 29.8 Å². The van der Waals surface area contributed by atoms with E-state index in [1.165, 1.54) is 51.0 Å². The SMILES string of the molecule is CCNC(=NCc1oc2ccc(F)cc2c1C)N1CCC(CN2CCCC2)C1.I. The van der Waals surface area contributed by atoms with E-state index >= 15 is 0 Å². The van der Waals surface area contributed by atoms with Crippen molar-refractivity contribution in [2.24, 2.45) is 10.9 Å². The molecule has 160 valence electrons. The van der Waals surface area contributed by atoms with Gasteiger partial charge in [-0.2, -0.15) is 0 Å². The lowest BCUT2D eigenvalue weighted by Gasteiger charge is -2.23. The lowest BCUT2D eigenvalue weighted by atomic mass is 10.1. The number of aliphatic imine (C=N–C) groups is 1. The highest BCUT2D eigenvalue weighted by molar-refractivity contribution is 14.0. The summed E-state index contributed by atoms with van der Waals surface area (Å²) in [5, 5.41) is 4.27. The van der Waals surface area contributed by atoms with E-state index in [9.17, 15) is 4.39 Å². The molecule has 0 amide bonds. The predicted octanol–water partition coefficient (Wildman–Crippen LogP) is 4.38. The summed E-state index contributed by atoms with van der Waals surface area (Å²) in [5.74, 6) is 2.25. The van der Waals surface area contributed by atoms with Crippen LogP contribution in [-0.2, 0) is 6.54 Å². The monoisotopic (exact) mass is 514 g/mol. The Hall–Kier alpha value is -1.35. The third-order valence-corrected chi connectivity index (χ3v) is 6.00. The number of furan rings is 1. The topological polar surface area (TPSA) is 44.0 Å². The van der Waals surface area contributed by atoms with Gasteiger partial charge in [-0.15, -0.1) is 24.0 Å². The van der Waals surface area contributed by atoms with Gasteiger partial charge < -0.3 is 19.5 Å². The second kappa shape index (κ2) is 10.1. The van der Waals surface area contributed by atoms with Crippen molar-refractivity contribution < 1.29 is 8.81 Å². The van der Waals surface area contributed by atoms with Gasteiger partial charge >= 0.3 is 0 Å². The fourth-order valence-corrected chi connectivity index (χ4v) is 4.47. The molecule has 2 fully saturated rings. The van der Waals surface area contributed by atoms with Crippen LogP contribution in [0.4, 0.5) is 4.39 Å². The molecule has 0 aliphatic carbocycles. The minimum absolute atomic E-state index is 0. The van der Waals surface area contributed by atoms with Crippen molar-refractivity contribution in [3.63, 3.8) is 0 Å². The lowest BCUT2D eigenvalue weighted by Crippen LogP contribution is -2.40. The average Bonchev–Trinajstić information content (AvgIpc) is 3.42. The predicted molar refractivity (Wildman–Crippen MR) is 126 cm³/mol. The molecule has 4 rings (SSSR count). The Balaban J connectivity index is 0.00000240. The number of hydrogen-bond acceptors (Lipinski definition) is 3. The first-order valence-electron chi connectivity index (χ1n) is 10.6. The summed E-state index contributed by atoms with van der Waals surface area (Å²) >= 11 is 0. The number of halogens is 2. The fourth-order valence-electron chi connectivity index (χ4n) is 4.47. The maximum absolute atomic E-state index is 13.5. The molecule has 1 aromatic heterocycles. The van der Waals surface area contributed by atoms with Gasteiger partial charge in [-0.25, -0.2) is 9.38 Å². The maximum atomic E-state index is 13.5. The molecule has 1 atom stereocenters. The Kier molecular flexibility index (Phi) is 7.79. The number of fused-ring (bicyclic) bond motifs is 1. The first-order valence-corrected chi connectivity index (χ1v) is 10.6. The summed E-state index contributed by atoms with van der Waals surface area (Å²) in [6.45, 7) is 11.2. The molecular weight excluding hydrogens is 482 g/mol. The minimum atomic E-state index is -0.235. The summed E-state index contributed by atoms with van der Waals surface area (Å²) in [6.07, 6.45) is 3.92. The molecule has 29 heavy (non-hydrogen) atoms. The molecule has 2 saturated heterocycles. The maximum Gasteiger partial charge on any atom is 0.194 e. The first-order chi connectivity index (χ1) is 13.6. The van der Waals surface area contributed by atoms with Crippen LogP contribution in [0.1, 0.15) is 37.5 Å². The van der Waals surface area contributed by atoms with Crippen LogP contribution in [0, 0.1) is 18.7 Å². The Morgan fingerprint density at radius 1 is 1.28 bits per heavy atom. The largest absolute Gasteiger partial charge is 0.459 e. The molecule has 2 aliphatic heterocycles. The number of rotatable bonds is 5. The van der Waals surface area contributed by atoms with Crippen LogP contribution >= 0.6 is 24.0 Å². The van der Waals surface area contributed by atoms with E-state index < -0.39 is 0 Å². The third kappa shape index (κ3) is 5.23. The zero-order valence-electron chi connectivity index (χ0n) is 17.4. The van der Waals surface area contributed by atoms with Gasteiger partial charge in [-0.05, 0) is 70.3 Å². The number of aryl methyl sites for hydroxylation is 1. The molecule has 3 heterocycles. The second-order valence-corrected chi connectivity index (χ2v) is 8.07. The van der Waals surface area contributed by atoms with Crippen LogP contribution in [0.25, 0.3) is 11.0 Å². The summed E-state index contributed by atoms with van der Waals surface area (Å²) in [5.41, 5.74) is 1.70. The van der Waals surface area contributed by atoms with Gasteiger partial charge in [0.15, 0.2) is 5.96 Å². The van der Waals surface area contributed by atoms with Crippen molar-refractivity contribution in [1.82, 2.24) is 15.1 Å². The standard InChI is InChI=1S/C22H31FN4O.HI/c1-3-24-22(27-11-8-17(15-27)14-26-9-4-5-10-26)25-13-21-16(2)19-12-18(23)6-7-20(19)28-21;/h6-7,12,17H,3-5,8-11,13-15H2,1-2H3,(H,24,25);1H. The van der Waals surface area contributed by atoms with E-state index in [0.29, 0.717) is 6.54 Å². The third-order valence-electron chi connectivity index (χ3n) is 6.00. The van der Waals surface area contributed by atoms with Crippen molar-refractivity contribution in [2.45, 2.75) is 39.7 Å². The van der Waals surface area contributed by atoms with Crippen molar-refractivity contribution in [1.29, 1.82) is 0 Å². The molecule has 7 heteroatoms. The summed E-state index contributed by atoms with van der Waals surface area (Å²) < 4.78 is 19.5. The highest BCUT2D eigenvalue weighted by atomic mass is 127. The quantitative estimate of drug-likeness (QED) is 0.366. The molecule has 1 aromatic carbocycles. The molecule has 2 aliphatic rings. The van der Waals surface area contributed by atoms with Gasteiger partial charge in [-0.3, -0.25) is 0 Å². The number of nitrogens with zero attached hydrogens (tertiary/aromatic N) is 3. The van der Waals surface area contributed by atoms with Gasteiger partial charge in [0.25, 0.3) is 0 Å². The van der Waals surface area contributed by atoms with E-state index in [0.717, 1.165) is 53.8 Å². The molecular formula is C22H32FIN4O. The Morgan fingerprint density at radius 3 is 2.83 bits per heavy atom. The fraction of sp³-hybridized carbons (Fsp3) is 0.591. The minimum Gasteiger partial charge on any atom is -0.459 e.